The lowest BCUT2D eigenvalue weighted by Gasteiger charge is -2.31. The van der Waals surface area contributed by atoms with Crippen LogP contribution >= 0.6 is 0 Å². The smallest absolute Gasteiger partial charge is 0.203 e. The molecule has 5 heteroatoms. The third kappa shape index (κ3) is 4.21. The first-order valence-electron chi connectivity index (χ1n) is 7.71. The van der Waals surface area contributed by atoms with Gasteiger partial charge < -0.3 is 19.5 Å². The van der Waals surface area contributed by atoms with Crippen molar-refractivity contribution < 1.29 is 4.74 Å². The summed E-state index contributed by atoms with van der Waals surface area (Å²) in [5.41, 5.74) is 0. The van der Waals surface area contributed by atoms with Crippen LogP contribution in [0.4, 0.5) is 5.95 Å². The molecule has 0 spiro atoms. The summed E-state index contributed by atoms with van der Waals surface area (Å²) in [6, 6.07) is 0.281. The highest BCUT2D eigenvalue weighted by Gasteiger charge is 2.19. The summed E-state index contributed by atoms with van der Waals surface area (Å²) in [6.07, 6.45) is 6.54. The SMILES string of the molecule is CCN1CCC(Cn2ccnc2NC(C)COC)CC1. The Morgan fingerprint density at radius 3 is 2.85 bits per heavy atom. The molecule has 1 aromatic rings. The number of methoxy groups -OCH3 is 1. The van der Waals surface area contributed by atoms with Gasteiger partial charge in [-0.3, -0.25) is 0 Å². The monoisotopic (exact) mass is 280 g/mol. The first-order valence-corrected chi connectivity index (χ1v) is 7.71. The normalized spacial score (nSPS) is 19.1. The minimum Gasteiger partial charge on any atom is -0.383 e. The minimum absolute atomic E-state index is 0.281. The van der Waals surface area contributed by atoms with Crippen LogP contribution in [0.25, 0.3) is 0 Å². The number of ether oxygens (including phenoxy) is 1. The fraction of sp³-hybridized carbons (Fsp3) is 0.800. The van der Waals surface area contributed by atoms with Crippen molar-refractivity contribution in [1.82, 2.24) is 14.5 Å². The van der Waals surface area contributed by atoms with E-state index < -0.39 is 0 Å². The Hall–Kier alpha value is -1.07. The highest BCUT2D eigenvalue weighted by molar-refractivity contribution is 5.27. The van der Waals surface area contributed by atoms with E-state index in [9.17, 15) is 0 Å². The van der Waals surface area contributed by atoms with E-state index in [4.69, 9.17) is 4.74 Å². The van der Waals surface area contributed by atoms with Crippen LogP contribution in [0.5, 0.6) is 0 Å². The molecule has 0 radical (unpaired) electrons. The van der Waals surface area contributed by atoms with Crippen LogP contribution in [0.1, 0.15) is 26.7 Å². The van der Waals surface area contributed by atoms with Gasteiger partial charge in [-0.15, -0.1) is 0 Å². The predicted molar refractivity (Wildman–Crippen MR) is 82.0 cm³/mol. The Balaban J connectivity index is 1.86. The van der Waals surface area contributed by atoms with Crippen molar-refractivity contribution in [3.63, 3.8) is 0 Å². The minimum atomic E-state index is 0.281. The number of likely N-dealkylation sites (tertiary alicyclic amines) is 1. The van der Waals surface area contributed by atoms with Crippen LogP contribution in [0.2, 0.25) is 0 Å². The number of imidazole rings is 1. The quantitative estimate of drug-likeness (QED) is 0.830. The maximum atomic E-state index is 5.16. The second-order valence-electron chi connectivity index (χ2n) is 5.78. The number of aromatic nitrogens is 2. The van der Waals surface area contributed by atoms with E-state index >= 15 is 0 Å². The van der Waals surface area contributed by atoms with Gasteiger partial charge in [0.15, 0.2) is 0 Å². The first kappa shape index (κ1) is 15.3. The molecule has 1 unspecified atom stereocenters. The van der Waals surface area contributed by atoms with Gasteiger partial charge in [-0.1, -0.05) is 6.92 Å². The molecule has 1 atom stereocenters. The van der Waals surface area contributed by atoms with Crippen molar-refractivity contribution in [2.24, 2.45) is 5.92 Å². The summed E-state index contributed by atoms with van der Waals surface area (Å²) in [5.74, 6) is 1.73. The van der Waals surface area contributed by atoms with Crippen LogP contribution in [0, 0.1) is 5.92 Å². The molecule has 1 aliphatic rings. The average molecular weight is 280 g/mol. The van der Waals surface area contributed by atoms with E-state index in [1.165, 1.54) is 32.5 Å². The van der Waals surface area contributed by atoms with E-state index in [1.54, 1.807) is 7.11 Å². The van der Waals surface area contributed by atoms with E-state index in [2.05, 4.69) is 39.8 Å². The van der Waals surface area contributed by atoms with Gasteiger partial charge in [-0.05, 0) is 45.3 Å². The Labute approximate surface area is 122 Å². The van der Waals surface area contributed by atoms with Gasteiger partial charge in [-0.2, -0.15) is 0 Å². The molecule has 2 rings (SSSR count). The molecule has 0 bridgehead atoms. The molecule has 0 saturated carbocycles. The van der Waals surface area contributed by atoms with Gasteiger partial charge in [0.2, 0.25) is 5.95 Å². The van der Waals surface area contributed by atoms with Crippen LogP contribution in [-0.2, 0) is 11.3 Å². The first-order chi connectivity index (χ1) is 9.72. The van der Waals surface area contributed by atoms with Crippen LogP contribution < -0.4 is 5.32 Å². The molecular weight excluding hydrogens is 252 g/mol. The molecule has 0 amide bonds. The number of nitrogens with one attached hydrogen (secondary N) is 1. The molecule has 1 aromatic heterocycles. The zero-order valence-electron chi connectivity index (χ0n) is 13.0. The van der Waals surface area contributed by atoms with E-state index in [-0.39, 0.29) is 6.04 Å². The fourth-order valence-electron chi connectivity index (χ4n) is 2.87. The molecule has 1 aliphatic heterocycles. The van der Waals surface area contributed by atoms with Gasteiger partial charge in [0.05, 0.1) is 6.61 Å². The van der Waals surface area contributed by atoms with Crippen LogP contribution in [0.3, 0.4) is 0 Å². The average Bonchev–Trinajstić information content (AvgIpc) is 2.87. The topological polar surface area (TPSA) is 42.3 Å². The number of nitrogens with zero attached hydrogens (tertiary/aromatic N) is 3. The molecule has 0 aliphatic carbocycles. The highest BCUT2D eigenvalue weighted by atomic mass is 16.5. The third-order valence-electron chi connectivity index (χ3n) is 4.12. The van der Waals surface area contributed by atoms with Gasteiger partial charge >= 0.3 is 0 Å². The van der Waals surface area contributed by atoms with Gasteiger partial charge in [0.1, 0.15) is 0 Å². The number of hydrogen-bond acceptors (Lipinski definition) is 4. The molecule has 1 fully saturated rings. The van der Waals surface area contributed by atoms with Crippen molar-refractivity contribution in [2.75, 3.05) is 38.7 Å². The molecular formula is C15H28N4O. The number of anilines is 1. The molecule has 0 aromatic carbocycles. The lowest BCUT2D eigenvalue weighted by molar-refractivity contribution is 0.180. The summed E-state index contributed by atoms with van der Waals surface area (Å²) in [5, 5.41) is 3.42. The molecule has 2 heterocycles. The summed E-state index contributed by atoms with van der Waals surface area (Å²) >= 11 is 0. The Morgan fingerprint density at radius 2 is 2.20 bits per heavy atom. The second-order valence-corrected chi connectivity index (χ2v) is 5.78. The lowest BCUT2D eigenvalue weighted by atomic mass is 9.97. The van der Waals surface area contributed by atoms with Crippen LogP contribution in [-0.4, -0.2) is 53.8 Å². The van der Waals surface area contributed by atoms with Crippen LogP contribution in [0.15, 0.2) is 12.4 Å². The lowest BCUT2D eigenvalue weighted by Crippen LogP contribution is -2.35. The molecule has 1 saturated heterocycles. The Bertz CT molecular complexity index is 385. The van der Waals surface area contributed by atoms with Gasteiger partial charge in [0.25, 0.3) is 0 Å². The van der Waals surface area contributed by atoms with Gasteiger partial charge in [-0.25, -0.2) is 4.98 Å². The zero-order valence-corrected chi connectivity index (χ0v) is 13.0. The summed E-state index contributed by atoms with van der Waals surface area (Å²) < 4.78 is 7.41. The Morgan fingerprint density at radius 1 is 1.45 bits per heavy atom. The van der Waals surface area contributed by atoms with Crippen molar-refractivity contribution >= 4 is 5.95 Å². The van der Waals surface area contributed by atoms with Crippen molar-refractivity contribution in [3.8, 4) is 0 Å². The zero-order chi connectivity index (χ0) is 14.4. The number of rotatable bonds is 7. The second kappa shape index (κ2) is 7.64. The Kier molecular flexibility index (Phi) is 5.86. The van der Waals surface area contributed by atoms with Crippen molar-refractivity contribution in [1.29, 1.82) is 0 Å². The summed E-state index contributed by atoms with van der Waals surface area (Å²) in [7, 11) is 1.73. The van der Waals surface area contributed by atoms with Crippen molar-refractivity contribution in [2.45, 2.75) is 39.3 Å². The standard InChI is InChI=1S/C15H28N4O/c1-4-18-8-5-14(6-9-18)11-19-10-7-16-15(19)17-13(2)12-20-3/h7,10,13-14H,4-6,8-9,11-12H2,1-3H3,(H,16,17). The predicted octanol–water partition coefficient (Wildman–Crippen LogP) is 2.06. The van der Waals surface area contributed by atoms with Crippen molar-refractivity contribution in [3.05, 3.63) is 12.4 Å². The highest BCUT2D eigenvalue weighted by Crippen LogP contribution is 2.20. The van der Waals surface area contributed by atoms with E-state index in [0.717, 1.165) is 18.4 Å². The number of piperidine rings is 1. The van der Waals surface area contributed by atoms with E-state index in [1.807, 2.05) is 6.20 Å². The molecule has 5 nitrogen and oxygen atoms in total. The maximum Gasteiger partial charge on any atom is 0.203 e. The maximum absolute atomic E-state index is 5.16. The summed E-state index contributed by atoms with van der Waals surface area (Å²) in [4.78, 5) is 6.95. The number of hydrogen-bond donors (Lipinski definition) is 1. The fourth-order valence-corrected chi connectivity index (χ4v) is 2.87. The molecule has 114 valence electrons. The third-order valence-corrected chi connectivity index (χ3v) is 4.12. The van der Waals surface area contributed by atoms with E-state index in [0.29, 0.717) is 6.61 Å². The summed E-state index contributed by atoms with van der Waals surface area (Å²) in [6.45, 7) is 9.77. The van der Waals surface area contributed by atoms with Gasteiger partial charge in [0, 0.05) is 32.1 Å². The molecule has 20 heavy (non-hydrogen) atoms. The molecule has 1 N–H and O–H groups in total. The largest absolute Gasteiger partial charge is 0.383 e.